The minimum atomic E-state index is 0.141. The monoisotopic (exact) mass is 264 g/mol. The van der Waals surface area contributed by atoms with Gasteiger partial charge in [-0.2, -0.15) is 11.8 Å². The van der Waals surface area contributed by atoms with Crippen LogP contribution < -0.4 is 5.73 Å². The minimum Gasteiger partial charge on any atom is -0.324 e. The van der Waals surface area contributed by atoms with E-state index < -0.39 is 0 Å². The molecule has 1 aromatic carbocycles. The Morgan fingerprint density at radius 1 is 1.39 bits per heavy atom. The van der Waals surface area contributed by atoms with Gasteiger partial charge in [0.05, 0.1) is 0 Å². The van der Waals surface area contributed by atoms with Gasteiger partial charge < -0.3 is 10.6 Å². The molecule has 100 valence electrons. The lowest BCUT2D eigenvalue weighted by atomic mass is 9.94. The Bertz CT molecular complexity index is 349. The first-order valence-electron chi connectivity index (χ1n) is 6.77. The second-order valence-electron chi connectivity index (χ2n) is 5.37. The molecule has 0 amide bonds. The largest absolute Gasteiger partial charge is 0.324 e. The number of nitrogens with two attached hydrogens (primary N) is 1. The Kier molecular flexibility index (Phi) is 5.10. The van der Waals surface area contributed by atoms with Gasteiger partial charge in [-0.3, -0.25) is 0 Å². The smallest absolute Gasteiger partial charge is 0.0333 e. The van der Waals surface area contributed by atoms with Crippen LogP contribution in [0.15, 0.2) is 30.3 Å². The van der Waals surface area contributed by atoms with Crippen molar-refractivity contribution in [3.05, 3.63) is 35.9 Å². The van der Waals surface area contributed by atoms with Crippen LogP contribution in [0.4, 0.5) is 0 Å². The predicted molar refractivity (Wildman–Crippen MR) is 80.9 cm³/mol. The van der Waals surface area contributed by atoms with Crippen molar-refractivity contribution < 1.29 is 0 Å². The third-order valence-corrected chi connectivity index (χ3v) is 5.05. The molecular formula is C15H24N2S. The average Bonchev–Trinajstić information content (AvgIpc) is 2.92. The second kappa shape index (κ2) is 6.60. The van der Waals surface area contributed by atoms with E-state index in [1.165, 1.54) is 23.5 Å². The maximum Gasteiger partial charge on any atom is 0.0333 e. The normalized spacial score (nSPS) is 23.2. The van der Waals surface area contributed by atoms with Gasteiger partial charge in [0.25, 0.3) is 0 Å². The van der Waals surface area contributed by atoms with E-state index in [2.05, 4.69) is 54.9 Å². The summed E-state index contributed by atoms with van der Waals surface area (Å²) in [4.78, 5) is 2.49. The number of hydrogen-bond donors (Lipinski definition) is 1. The molecule has 18 heavy (non-hydrogen) atoms. The molecule has 1 fully saturated rings. The first-order chi connectivity index (χ1) is 8.68. The molecule has 2 rings (SSSR count). The lowest BCUT2D eigenvalue weighted by Gasteiger charge is -2.29. The van der Waals surface area contributed by atoms with Crippen molar-refractivity contribution in [2.45, 2.75) is 25.4 Å². The Hall–Kier alpha value is -0.510. The van der Waals surface area contributed by atoms with Crippen molar-refractivity contribution in [3.63, 3.8) is 0 Å². The quantitative estimate of drug-likeness (QED) is 0.886. The summed E-state index contributed by atoms with van der Waals surface area (Å²) in [7, 11) is 2.24. The van der Waals surface area contributed by atoms with E-state index in [0.717, 1.165) is 12.6 Å². The molecule has 0 aliphatic carbocycles. The molecule has 3 unspecified atom stereocenters. The van der Waals surface area contributed by atoms with E-state index in [-0.39, 0.29) is 6.04 Å². The van der Waals surface area contributed by atoms with Gasteiger partial charge in [-0.15, -0.1) is 0 Å². The molecule has 0 saturated carbocycles. The number of thioether (sulfide) groups is 1. The Labute approximate surface area is 115 Å². The zero-order valence-corrected chi connectivity index (χ0v) is 12.2. The fourth-order valence-electron chi connectivity index (χ4n) is 2.59. The van der Waals surface area contributed by atoms with Crippen LogP contribution in [-0.4, -0.2) is 36.0 Å². The van der Waals surface area contributed by atoms with Crippen LogP contribution in [0.2, 0.25) is 0 Å². The van der Waals surface area contributed by atoms with Crippen molar-refractivity contribution in [2.75, 3.05) is 25.1 Å². The summed E-state index contributed by atoms with van der Waals surface area (Å²) in [5.74, 6) is 3.08. The van der Waals surface area contributed by atoms with Crippen molar-refractivity contribution in [2.24, 2.45) is 11.7 Å². The van der Waals surface area contributed by atoms with Gasteiger partial charge in [0, 0.05) is 24.4 Å². The number of nitrogens with zero attached hydrogens (tertiary/aromatic N) is 1. The third-order valence-electron chi connectivity index (χ3n) is 3.90. The van der Waals surface area contributed by atoms with Crippen LogP contribution in [0, 0.1) is 5.92 Å². The van der Waals surface area contributed by atoms with Gasteiger partial charge in [0.15, 0.2) is 0 Å². The molecule has 0 spiro atoms. The highest BCUT2D eigenvalue weighted by molar-refractivity contribution is 7.99. The summed E-state index contributed by atoms with van der Waals surface area (Å²) >= 11 is 2.07. The molecular weight excluding hydrogens is 240 g/mol. The van der Waals surface area contributed by atoms with Gasteiger partial charge in [-0.05, 0) is 30.7 Å². The zero-order chi connectivity index (χ0) is 13.0. The fraction of sp³-hybridized carbons (Fsp3) is 0.600. The van der Waals surface area contributed by atoms with Gasteiger partial charge in [-0.25, -0.2) is 0 Å². The van der Waals surface area contributed by atoms with Crippen LogP contribution in [0.5, 0.6) is 0 Å². The van der Waals surface area contributed by atoms with Crippen LogP contribution in [0.25, 0.3) is 0 Å². The first kappa shape index (κ1) is 13.9. The molecule has 0 aromatic heterocycles. The summed E-state index contributed by atoms with van der Waals surface area (Å²) in [5, 5.41) is 0. The summed E-state index contributed by atoms with van der Waals surface area (Å²) < 4.78 is 0. The van der Waals surface area contributed by atoms with Gasteiger partial charge in [-0.1, -0.05) is 37.3 Å². The van der Waals surface area contributed by atoms with E-state index in [4.69, 9.17) is 5.73 Å². The summed E-state index contributed by atoms with van der Waals surface area (Å²) in [6, 6.07) is 11.3. The van der Waals surface area contributed by atoms with Gasteiger partial charge in [0.1, 0.15) is 0 Å². The fourth-order valence-corrected chi connectivity index (χ4v) is 3.89. The van der Waals surface area contributed by atoms with Crippen LogP contribution in [-0.2, 0) is 0 Å². The summed E-state index contributed by atoms with van der Waals surface area (Å²) in [6.45, 7) is 3.34. The van der Waals surface area contributed by atoms with E-state index in [9.17, 15) is 0 Å². The molecule has 1 aromatic rings. The Morgan fingerprint density at radius 2 is 2.11 bits per heavy atom. The number of benzene rings is 1. The second-order valence-corrected chi connectivity index (χ2v) is 6.52. The third kappa shape index (κ3) is 3.50. The van der Waals surface area contributed by atoms with E-state index in [1.807, 2.05) is 6.07 Å². The molecule has 2 nitrogen and oxygen atoms in total. The predicted octanol–water partition coefficient (Wildman–Crippen LogP) is 2.76. The van der Waals surface area contributed by atoms with Gasteiger partial charge in [0.2, 0.25) is 0 Å². The molecule has 1 aliphatic heterocycles. The van der Waals surface area contributed by atoms with E-state index in [0.29, 0.717) is 5.92 Å². The van der Waals surface area contributed by atoms with Gasteiger partial charge >= 0.3 is 0 Å². The zero-order valence-electron chi connectivity index (χ0n) is 11.4. The van der Waals surface area contributed by atoms with Crippen molar-refractivity contribution >= 4 is 11.8 Å². The molecule has 1 aliphatic rings. The number of rotatable bonds is 5. The molecule has 0 bridgehead atoms. The molecule has 1 saturated heterocycles. The number of hydrogen-bond acceptors (Lipinski definition) is 3. The van der Waals surface area contributed by atoms with Crippen LogP contribution >= 0.6 is 11.8 Å². The summed E-state index contributed by atoms with van der Waals surface area (Å²) in [5.41, 5.74) is 7.60. The highest BCUT2D eigenvalue weighted by atomic mass is 32.2. The maximum atomic E-state index is 6.35. The first-order valence-corrected chi connectivity index (χ1v) is 7.92. The van der Waals surface area contributed by atoms with Crippen LogP contribution in [0.1, 0.15) is 24.9 Å². The standard InChI is InChI=1S/C15H24N2S/c1-12(10-17(2)14-8-9-18-11-14)15(16)13-6-4-3-5-7-13/h3-7,12,14-15H,8-11,16H2,1-2H3. The Morgan fingerprint density at radius 3 is 2.72 bits per heavy atom. The topological polar surface area (TPSA) is 29.3 Å². The minimum absolute atomic E-state index is 0.141. The lowest BCUT2D eigenvalue weighted by Crippen LogP contribution is -2.37. The molecule has 1 heterocycles. The average molecular weight is 264 g/mol. The van der Waals surface area contributed by atoms with Crippen LogP contribution in [0.3, 0.4) is 0 Å². The molecule has 2 N–H and O–H groups in total. The Balaban J connectivity index is 1.88. The van der Waals surface area contributed by atoms with E-state index >= 15 is 0 Å². The molecule has 3 heteroatoms. The highest BCUT2D eigenvalue weighted by Gasteiger charge is 2.23. The molecule has 0 radical (unpaired) electrons. The highest BCUT2D eigenvalue weighted by Crippen LogP contribution is 2.25. The maximum absolute atomic E-state index is 6.35. The van der Waals surface area contributed by atoms with Crippen molar-refractivity contribution in [3.8, 4) is 0 Å². The van der Waals surface area contributed by atoms with Crippen molar-refractivity contribution in [1.82, 2.24) is 4.90 Å². The molecule has 3 atom stereocenters. The summed E-state index contributed by atoms with van der Waals surface area (Å²) in [6.07, 6.45) is 1.33. The lowest BCUT2D eigenvalue weighted by molar-refractivity contribution is 0.214. The SMILES string of the molecule is CC(CN(C)C1CCSC1)C(N)c1ccccc1. The van der Waals surface area contributed by atoms with E-state index in [1.54, 1.807) is 0 Å². The van der Waals surface area contributed by atoms with Crippen molar-refractivity contribution in [1.29, 1.82) is 0 Å².